The summed E-state index contributed by atoms with van der Waals surface area (Å²) in [7, 11) is 0. The predicted octanol–water partition coefficient (Wildman–Crippen LogP) is 5.11. The minimum Gasteiger partial charge on any atom is -0.371 e. The van der Waals surface area contributed by atoms with Crippen LogP contribution in [0.4, 0.5) is 5.69 Å². The van der Waals surface area contributed by atoms with E-state index < -0.39 is 0 Å². The molecular weight excluding hydrogens is 298 g/mol. The molecule has 0 heterocycles. The summed E-state index contributed by atoms with van der Waals surface area (Å²) in [5.41, 5.74) is 2.57. The minimum atomic E-state index is 0.706. The van der Waals surface area contributed by atoms with Crippen molar-refractivity contribution >= 4 is 33.2 Å². The molecule has 0 aliphatic rings. The van der Waals surface area contributed by atoms with Crippen molar-refractivity contribution in [3.63, 3.8) is 0 Å². The Morgan fingerprint density at radius 2 is 2.06 bits per heavy atom. The fourth-order valence-electron chi connectivity index (χ4n) is 1.85. The van der Waals surface area contributed by atoms with Gasteiger partial charge in [0, 0.05) is 29.1 Å². The van der Waals surface area contributed by atoms with Crippen molar-refractivity contribution in [2.45, 2.75) is 32.5 Å². The Bertz CT molecular complexity index is 354. The third-order valence-corrected chi connectivity index (χ3v) is 3.98. The van der Waals surface area contributed by atoms with Crippen LogP contribution in [0.1, 0.15) is 32.8 Å². The highest BCUT2D eigenvalue weighted by molar-refractivity contribution is 9.08. The molecular formula is C14H21BrClN. The third-order valence-electron chi connectivity index (χ3n) is 3.14. The normalized spacial score (nSPS) is 12.5. The predicted molar refractivity (Wildman–Crippen MR) is 81.4 cm³/mol. The molecule has 0 N–H and O–H groups in total. The zero-order valence-electron chi connectivity index (χ0n) is 10.8. The molecule has 0 spiro atoms. The van der Waals surface area contributed by atoms with Crippen LogP contribution in [-0.4, -0.2) is 13.1 Å². The van der Waals surface area contributed by atoms with Crippen molar-refractivity contribution in [2.24, 2.45) is 5.92 Å². The molecule has 1 nitrogen and oxygen atoms in total. The van der Waals surface area contributed by atoms with E-state index in [2.05, 4.69) is 53.7 Å². The SMILES string of the molecule is CCC(C)CN(CC)c1cc(Cl)ccc1CBr. The molecule has 0 amide bonds. The third kappa shape index (κ3) is 4.18. The zero-order valence-corrected chi connectivity index (χ0v) is 13.2. The largest absolute Gasteiger partial charge is 0.371 e. The lowest BCUT2D eigenvalue weighted by Crippen LogP contribution is -2.28. The molecule has 3 heteroatoms. The monoisotopic (exact) mass is 317 g/mol. The molecule has 0 aliphatic heterocycles. The van der Waals surface area contributed by atoms with Crippen LogP contribution in [0.15, 0.2) is 18.2 Å². The summed E-state index contributed by atoms with van der Waals surface area (Å²) in [4.78, 5) is 2.41. The number of anilines is 1. The van der Waals surface area contributed by atoms with E-state index in [0.717, 1.165) is 23.4 Å². The van der Waals surface area contributed by atoms with Crippen LogP contribution in [0.3, 0.4) is 0 Å². The van der Waals surface area contributed by atoms with Crippen LogP contribution in [0.25, 0.3) is 0 Å². The van der Waals surface area contributed by atoms with Gasteiger partial charge in [-0.1, -0.05) is 53.9 Å². The molecule has 0 fully saturated rings. The molecule has 0 bridgehead atoms. The second kappa shape index (κ2) is 7.27. The van der Waals surface area contributed by atoms with Crippen LogP contribution >= 0.6 is 27.5 Å². The Morgan fingerprint density at radius 3 is 2.59 bits per heavy atom. The van der Waals surface area contributed by atoms with Gasteiger partial charge in [-0.25, -0.2) is 0 Å². The summed E-state index contributed by atoms with van der Waals surface area (Å²) in [5.74, 6) is 0.706. The van der Waals surface area contributed by atoms with Gasteiger partial charge >= 0.3 is 0 Å². The molecule has 1 aromatic rings. The summed E-state index contributed by atoms with van der Waals surface area (Å²) in [5, 5.41) is 1.68. The Hall–Kier alpha value is -0.210. The summed E-state index contributed by atoms with van der Waals surface area (Å²) < 4.78 is 0. The molecule has 0 radical (unpaired) electrons. The Morgan fingerprint density at radius 1 is 1.35 bits per heavy atom. The smallest absolute Gasteiger partial charge is 0.0426 e. The van der Waals surface area contributed by atoms with E-state index in [1.807, 2.05) is 6.07 Å². The molecule has 1 rings (SSSR count). The van der Waals surface area contributed by atoms with Crippen molar-refractivity contribution in [1.82, 2.24) is 0 Å². The van der Waals surface area contributed by atoms with E-state index in [9.17, 15) is 0 Å². The van der Waals surface area contributed by atoms with Gasteiger partial charge in [0.2, 0.25) is 0 Å². The van der Waals surface area contributed by atoms with E-state index in [-0.39, 0.29) is 0 Å². The highest BCUT2D eigenvalue weighted by Gasteiger charge is 2.12. The summed E-state index contributed by atoms with van der Waals surface area (Å²) in [6, 6.07) is 6.13. The van der Waals surface area contributed by atoms with Gasteiger partial charge in [-0.05, 0) is 30.5 Å². The first-order valence-electron chi connectivity index (χ1n) is 6.21. The number of benzene rings is 1. The van der Waals surface area contributed by atoms with Crippen molar-refractivity contribution < 1.29 is 0 Å². The van der Waals surface area contributed by atoms with Crippen molar-refractivity contribution in [3.05, 3.63) is 28.8 Å². The molecule has 0 saturated carbocycles. The van der Waals surface area contributed by atoms with E-state index in [0.29, 0.717) is 5.92 Å². The number of alkyl halides is 1. The lowest BCUT2D eigenvalue weighted by molar-refractivity contribution is 0.547. The van der Waals surface area contributed by atoms with E-state index in [1.54, 1.807) is 0 Å². The fourth-order valence-corrected chi connectivity index (χ4v) is 2.49. The van der Waals surface area contributed by atoms with Gasteiger partial charge in [0.05, 0.1) is 0 Å². The lowest BCUT2D eigenvalue weighted by Gasteiger charge is -2.28. The van der Waals surface area contributed by atoms with Crippen molar-refractivity contribution in [1.29, 1.82) is 0 Å². The van der Waals surface area contributed by atoms with Crippen LogP contribution in [0.5, 0.6) is 0 Å². The van der Waals surface area contributed by atoms with Gasteiger partial charge in [0.25, 0.3) is 0 Å². The summed E-state index contributed by atoms with van der Waals surface area (Å²) >= 11 is 9.65. The maximum Gasteiger partial charge on any atom is 0.0426 e. The molecule has 1 atom stereocenters. The quantitative estimate of drug-likeness (QED) is 0.659. The topological polar surface area (TPSA) is 3.24 Å². The first-order valence-corrected chi connectivity index (χ1v) is 7.71. The molecule has 1 unspecified atom stereocenters. The number of hydrogen-bond donors (Lipinski definition) is 0. The summed E-state index contributed by atoms with van der Waals surface area (Å²) in [6.45, 7) is 8.84. The molecule has 17 heavy (non-hydrogen) atoms. The maximum absolute atomic E-state index is 6.10. The molecule has 0 aromatic heterocycles. The summed E-state index contributed by atoms with van der Waals surface area (Å²) in [6.07, 6.45) is 1.21. The molecule has 1 aromatic carbocycles. The number of rotatable bonds is 6. The number of hydrogen-bond acceptors (Lipinski definition) is 1. The number of halogens is 2. The van der Waals surface area contributed by atoms with Crippen LogP contribution < -0.4 is 4.90 Å². The van der Waals surface area contributed by atoms with Gasteiger partial charge in [0.1, 0.15) is 0 Å². The van der Waals surface area contributed by atoms with E-state index in [1.165, 1.54) is 17.7 Å². The van der Waals surface area contributed by atoms with Gasteiger partial charge in [-0.3, -0.25) is 0 Å². The van der Waals surface area contributed by atoms with Crippen molar-refractivity contribution in [3.8, 4) is 0 Å². The average molecular weight is 319 g/mol. The highest BCUT2D eigenvalue weighted by atomic mass is 79.9. The first kappa shape index (κ1) is 14.8. The zero-order chi connectivity index (χ0) is 12.8. The maximum atomic E-state index is 6.10. The van der Waals surface area contributed by atoms with E-state index >= 15 is 0 Å². The minimum absolute atomic E-state index is 0.706. The number of nitrogens with zero attached hydrogens (tertiary/aromatic N) is 1. The Kier molecular flexibility index (Phi) is 6.35. The standard InChI is InChI=1S/C14H21BrClN/c1-4-11(3)10-17(5-2)14-8-13(16)7-6-12(14)9-15/h6-8,11H,4-5,9-10H2,1-3H3. The Balaban J connectivity index is 2.97. The van der Waals surface area contributed by atoms with Gasteiger partial charge in [-0.15, -0.1) is 0 Å². The second-order valence-corrected chi connectivity index (χ2v) is 5.46. The average Bonchev–Trinajstić information content (AvgIpc) is 2.35. The van der Waals surface area contributed by atoms with Gasteiger partial charge in [-0.2, -0.15) is 0 Å². The fraction of sp³-hybridized carbons (Fsp3) is 0.571. The van der Waals surface area contributed by atoms with Crippen LogP contribution in [-0.2, 0) is 5.33 Å². The Labute approximate surface area is 118 Å². The second-order valence-electron chi connectivity index (χ2n) is 4.46. The highest BCUT2D eigenvalue weighted by Crippen LogP contribution is 2.27. The van der Waals surface area contributed by atoms with Crippen LogP contribution in [0, 0.1) is 5.92 Å². The lowest BCUT2D eigenvalue weighted by atomic mass is 10.1. The van der Waals surface area contributed by atoms with Crippen molar-refractivity contribution in [2.75, 3.05) is 18.0 Å². The van der Waals surface area contributed by atoms with Gasteiger partial charge < -0.3 is 4.90 Å². The molecule has 96 valence electrons. The van der Waals surface area contributed by atoms with Gasteiger partial charge in [0.15, 0.2) is 0 Å². The van der Waals surface area contributed by atoms with E-state index in [4.69, 9.17) is 11.6 Å². The van der Waals surface area contributed by atoms with Crippen LogP contribution in [0.2, 0.25) is 5.02 Å². The first-order chi connectivity index (χ1) is 8.12. The molecule has 0 saturated heterocycles. The molecule has 0 aliphatic carbocycles.